The predicted octanol–water partition coefficient (Wildman–Crippen LogP) is -0.778. The van der Waals surface area contributed by atoms with Crippen LogP contribution >= 0.6 is 0 Å². The molecule has 2 rings (SSSR count). The molecule has 0 saturated carbocycles. The number of hydrogen-bond acceptors (Lipinski definition) is 4. The number of hydrogen-bond donors (Lipinski definition) is 1. The summed E-state index contributed by atoms with van der Waals surface area (Å²) >= 11 is 0. The number of amides is 1. The monoisotopic (exact) mass is 214 g/mol. The molecule has 0 aliphatic carbocycles. The van der Waals surface area contributed by atoms with Crippen LogP contribution in [0.2, 0.25) is 0 Å². The Morgan fingerprint density at radius 1 is 1.47 bits per heavy atom. The number of rotatable bonds is 1. The van der Waals surface area contributed by atoms with E-state index in [2.05, 4.69) is 5.32 Å². The van der Waals surface area contributed by atoms with Gasteiger partial charge in [-0.1, -0.05) is 0 Å². The molecule has 0 spiro atoms. The molecule has 2 aliphatic rings. The van der Waals surface area contributed by atoms with E-state index in [1.54, 1.807) is 0 Å². The molecule has 2 saturated heterocycles. The van der Waals surface area contributed by atoms with Crippen molar-refractivity contribution in [2.24, 2.45) is 0 Å². The smallest absolute Gasteiger partial charge is 0.242 e. The van der Waals surface area contributed by atoms with Crippen molar-refractivity contribution in [2.75, 3.05) is 39.5 Å². The molecule has 86 valence electrons. The van der Waals surface area contributed by atoms with E-state index >= 15 is 0 Å². The zero-order valence-corrected chi connectivity index (χ0v) is 9.07. The lowest BCUT2D eigenvalue weighted by atomic mass is 10.2. The number of nitrogens with zero attached hydrogens (tertiary/aromatic N) is 1. The second-order valence-electron chi connectivity index (χ2n) is 4.05. The Balaban J connectivity index is 1.88. The second kappa shape index (κ2) is 4.92. The highest BCUT2D eigenvalue weighted by Crippen LogP contribution is 2.07. The lowest BCUT2D eigenvalue weighted by molar-refractivity contribution is -0.143. The Bertz CT molecular complexity index is 229. The number of carbonyl (C=O) groups is 1. The maximum absolute atomic E-state index is 12.0. The zero-order valence-electron chi connectivity index (χ0n) is 9.07. The van der Waals surface area contributed by atoms with Gasteiger partial charge < -0.3 is 19.7 Å². The van der Waals surface area contributed by atoms with Crippen LogP contribution < -0.4 is 5.32 Å². The Morgan fingerprint density at radius 2 is 2.33 bits per heavy atom. The predicted molar refractivity (Wildman–Crippen MR) is 54.6 cm³/mol. The van der Waals surface area contributed by atoms with E-state index in [1.165, 1.54) is 0 Å². The van der Waals surface area contributed by atoms with Crippen molar-refractivity contribution < 1.29 is 14.3 Å². The number of morpholine rings is 2. The lowest BCUT2D eigenvalue weighted by Gasteiger charge is -2.34. The summed E-state index contributed by atoms with van der Waals surface area (Å²) in [5.74, 6) is 0.143. The zero-order chi connectivity index (χ0) is 10.7. The van der Waals surface area contributed by atoms with E-state index in [4.69, 9.17) is 9.47 Å². The SMILES string of the molecule is CC1CN(C(=O)C2COCCN2)CCO1. The molecule has 2 aliphatic heterocycles. The maximum atomic E-state index is 12.0. The van der Waals surface area contributed by atoms with Gasteiger partial charge in [0.25, 0.3) is 0 Å². The van der Waals surface area contributed by atoms with Crippen molar-refractivity contribution in [3.63, 3.8) is 0 Å². The third kappa shape index (κ3) is 2.68. The number of nitrogens with one attached hydrogen (secondary N) is 1. The van der Waals surface area contributed by atoms with Crippen LogP contribution in [-0.2, 0) is 14.3 Å². The lowest BCUT2D eigenvalue weighted by Crippen LogP contribution is -2.55. The van der Waals surface area contributed by atoms with E-state index in [0.29, 0.717) is 32.9 Å². The molecule has 5 nitrogen and oxygen atoms in total. The number of ether oxygens (including phenoxy) is 2. The minimum atomic E-state index is -0.163. The first kappa shape index (κ1) is 10.9. The first-order chi connectivity index (χ1) is 7.27. The maximum Gasteiger partial charge on any atom is 0.242 e. The Morgan fingerprint density at radius 3 is 3.00 bits per heavy atom. The summed E-state index contributed by atoms with van der Waals surface area (Å²) in [6.07, 6.45) is 0.146. The average molecular weight is 214 g/mol. The Kier molecular flexibility index (Phi) is 3.56. The summed E-state index contributed by atoms with van der Waals surface area (Å²) in [4.78, 5) is 13.9. The highest BCUT2D eigenvalue weighted by molar-refractivity contribution is 5.82. The molecular formula is C10H18N2O3. The second-order valence-corrected chi connectivity index (χ2v) is 4.05. The van der Waals surface area contributed by atoms with Crippen LogP contribution in [0, 0.1) is 0 Å². The van der Waals surface area contributed by atoms with Crippen LogP contribution in [0.3, 0.4) is 0 Å². The van der Waals surface area contributed by atoms with E-state index in [1.807, 2.05) is 11.8 Å². The van der Waals surface area contributed by atoms with Crippen molar-refractivity contribution in [3.05, 3.63) is 0 Å². The quantitative estimate of drug-likeness (QED) is 0.622. The summed E-state index contributed by atoms with van der Waals surface area (Å²) in [6.45, 7) is 5.97. The van der Waals surface area contributed by atoms with E-state index < -0.39 is 0 Å². The van der Waals surface area contributed by atoms with Crippen LogP contribution in [0.1, 0.15) is 6.92 Å². The van der Waals surface area contributed by atoms with Gasteiger partial charge in [0.05, 0.1) is 25.9 Å². The van der Waals surface area contributed by atoms with Gasteiger partial charge >= 0.3 is 0 Å². The van der Waals surface area contributed by atoms with Gasteiger partial charge in [-0.25, -0.2) is 0 Å². The third-order valence-electron chi connectivity index (χ3n) is 2.77. The van der Waals surface area contributed by atoms with Crippen molar-refractivity contribution >= 4 is 5.91 Å². The molecule has 2 fully saturated rings. The van der Waals surface area contributed by atoms with E-state index in [-0.39, 0.29) is 18.1 Å². The molecule has 0 aromatic heterocycles. The van der Waals surface area contributed by atoms with Crippen LogP contribution in [0.15, 0.2) is 0 Å². The minimum Gasteiger partial charge on any atom is -0.378 e. The van der Waals surface area contributed by atoms with Gasteiger partial charge in [0, 0.05) is 19.6 Å². The van der Waals surface area contributed by atoms with Crippen LogP contribution in [0.25, 0.3) is 0 Å². The minimum absolute atomic E-state index is 0.143. The third-order valence-corrected chi connectivity index (χ3v) is 2.77. The molecule has 2 heterocycles. The molecule has 15 heavy (non-hydrogen) atoms. The Labute approximate surface area is 89.7 Å². The highest BCUT2D eigenvalue weighted by atomic mass is 16.5. The number of carbonyl (C=O) groups excluding carboxylic acids is 1. The summed E-state index contributed by atoms with van der Waals surface area (Å²) in [7, 11) is 0. The fourth-order valence-corrected chi connectivity index (χ4v) is 1.96. The highest BCUT2D eigenvalue weighted by Gasteiger charge is 2.28. The fraction of sp³-hybridized carbons (Fsp3) is 0.900. The normalized spacial score (nSPS) is 32.7. The van der Waals surface area contributed by atoms with Crippen LogP contribution in [0.5, 0.6) is 0 Å². The molecule has 2 unspecified atom stereocenters. The van der Waals surface area contributed by atoms with Gasteiger partial charge in [-0.2, -0.15) is 0 Å². The average Bonchev–Trinajstić information content (AvgIpc) is 2.29. The first-order valence-corrected chi connectivity index (χ1v) is 5.49. The van der Waals surface area contributed by atoms with Gasteiger partial charge in [-0.15, -0.1) is 0 Å². The summed E-state index contributed by atoms with van der Waals surface area (Å²) in [5.41, 5.74) is 0. The van der Waals surface area contributed by atoms with Gasteiger partial charge in [-0.3, -0.25) is 4.79 Å². The largest absolute Gasteiger partial charge is 0.378 e. The molecule has 2 atom stereocenters. The van der Waals surface area contributed by atoms with Crippen molar-refractivity contribution in [2.45, 2.75) is 19.1 Å². The molecule has 0 radical (unpaired) electrons. The fourth-order valence-electron chi connectivity index (χ4n) is 1.96. The van der Waals surface area contributed by atoms with Gasteiger partial charge in [0.1, 0.15) is 6.04 Å². The molecule has 0 aromatic carbocycles. The van der Waals surface area contributed by atoms with E-state index in [0.717, 1.165) is 6.54 Å². The molecular weight excluding hydrogens is 196 g/mol. The molecule has 1 amide bonds. The molecule has 0 aromatic rings. The van der Waals surface area contributed by atoms with Crippen LogP contribution in [0.4, 0.5) is 0 Å². The summed E-state index contributed by atoms with van der Waals surface area (Å²) < 4.78 is 10.7. The van der Waals surface area contributed by atoms with Gasteiger partial charge in [0.15, 0.2) is 0 Å². The molecule has 1 N–H and O–H groups in total. The summed E-state index contributed by atoms with van der Waals surface area (Å²) in [5, 5.41) is 3.17. The van der Waals surface area contributed by atoms with Gasteiger partial charge in [-0.05, 0) is 6.92 Å². The Hall–Kier alpha value is -0.650. The molecule has 5 heteroatoms. The van der Waals surface area contributed by atoms with Crippen molar-refractivity contribution in [1.82, 2.24) is 10.2 Å². The topological polar surface area (TPSA) is 50.8 Å². The van der Waals surface area contributed by atoms with Crippen LogP contribution in [-0.4, -0.2) is 62.4 Å². The van der Waals surface area contributed by atoms with E-state index in [9.17, 15) is 4.79 Å². The van der Waals surface area contributed by atoms with Gasteiger partial charge in [0.2, 0.25) is 5.91 Å². The molecule has 0 bridgehead atoms. The van der Waals surface area contributed by atoms with Crippen molar-refractivity contribution in [3.8, 4) is 0 Å². The first-order valence-electron chi connectivity index (χ1n) is 5.49. The summed E-state index contributed by atoms with van der Waals surface area (Å²) in [6, 6.07) is -0.163. The standard InChI is InChI=1S/C10H18N2O3/c1-8-6-12(3-5-15-8)10(13)9-7-14-4-2-11-9/h8-9,11H,2-7H2,1H3. The van der Waals surface area contributed by atoms with Crippen molar-refractivity contribution in [1.29, 1.82) is 0 Å².